The molecule has 0 aliphatic heterocycles. The minimum absolute atomic E-state index is 0.108. The predicted molar refractivity (Wildman–Crippen MR) is 86.4 cm³/mol. The summed E-state index contributed by atoms with van der Waals surface area (Å²) in [4.78, 5) is 24.2. The molecule has 120 valence electrons. The Bertz CT molecular complexity index is 764. The Morgan fingerprint density at radius 3 is 2.48 bits per heavy atom. The van der Waals surface area contributed by atoms with E-state index in [-0.39, 0.29) is 16.8 Å². The molecule has 23 heavy (non-hydrogen) atoms. The van der Waals surface area contributed by atoms with E-state index in [1.54, 1.807) is 6.07 Å². The van der Waals surface area contributed by atoms with Crippen LogP contribution in [0.15, 0.2) is 40.9 Å². The first kappa shape index (κ1) is 17.0. The standard InChI is InChI=1S/C16H13BrFNO4/c1-22-10-4-6-14(12(8-10)16(21)23-2)19-15(20)11-7-9(18)3-5-13(11)17/h3-8H,1-2H3,(H,19,20). The molecule has 0 unspecified atom stereocenters. The van der Waals surface area contributed by atoms with Crippen molar-refractivity contribution in [1.29, 1.82) is 0 Å². The highest BCUT2D eigenvalue weighted by molar-refractivity contribution is 9.10. The molecule has 1 N–H and O–H groups in total. The Labute approximate surface area is 140 Å². The second-order valence-electron chi connectivity index (χ2n) is 4.48. The van der Waals surface area contributed by atoms with Crippen molar-refractivity contribution in [3.05, 3.63) is 57.8 Å². The van der Waals surface area contributed by atoms with Gasteiger partial charge in [0.1, 0.15) is 11.6 Å². The number of carbonyl (C=O) groups excluding carboxylic acids is 2. The first-order valence-corrected chi connectivity index (χ1v) is 7.28. The summed E-state index contributed by atoms with van der Waals surface area (Å²) in [5, 5.41) is 2.57. The Balaban J connectivity index is 2.37. The molecule has 2 aromatic carbocycles. The van der Waals surface area contributed by atoms with Crippen LogP contribution in [0.1, 0.15) is 20.7 Å². The van der Waals surface area contributed by atoms with Crippen molar-refractivity contribution in [2.75, 3.05) is 19.5 Å². The maximum absolute atomic E-state index is 13.3. The van der Waals surface area contributed by atoms with Crippen LogP contribution in [-0.4, -0.2) is 26.1 Å². The lowest BCUT2D eigenvalue weighted by Crippen LogP contribution is -2.16. The molecular formula is C16H13BrFNO4. The minimum atomic E-state index is -0.627. The van der Waals surface area contributed by atoms with E-state index in [2.05, 4.69) is 21.2 Å². The molecule has 0 aliphatic rings. The maximum atomic E-state index is 13.3. The first-order valence-electron chi connectivity index (χ1n) is 6.49. The van der Waals surface area contributed by atoms with E-state index in [0.29, 0.717) is 10.2 Å². The van der Waals surface area contributed by atoms with Gasteiger partial charge in [-0.25, -0.2) is 9.18 Å². The number of ether oxygens (including phenoxy) is 2. The van der Waals surface area contributed by atoms with Crippen molar-refractivity contribution in [3.8, 4) is 5.75 Å². The number of halogens is 2. The lowest BCUT2D eigenvalue weighted by atomic mass is 10.1. The van der Waals surface area contributed by atoms with E-state index in [1.807, 2.05) is 0 Å². The van der Waals surface area contributed by atoms with Crippen molar-refractivity contribution < 1.29 is 23.5 Å². The smallest absolute Gasteiger partial charge is 0.340 e. The summed E-state index contributed by atoms with van der Waals surface area (Å²) in [5.41, 5.74) is 0.475. The zero-order valence-corrected chi connectivity index (χ0v) is 13.9. The Hall–Kier alpha value is -2.41. The normalized spacial score (nSPS) is 10.1. The molecule has 0 aromatic heterocycles. The largest absolute Gasteiger partial charge is 0.497 e. The van der Waals surface area contributed by atoms with Crippen molar-refractivity contribution in [3.63, 3.8) is 0 Å². The third kappa shape index (κ3) is 3.87. The van der Waals surface area contributed by atoms with Crippen LogP contribution < -0.4 is 10.1 Å². The topological polar surface area (TPSA) is 64.6 Å². The van der Waals surface area contributed by atoms with Gasteiger partial charge in [0.05, 0.1) is 31.0 Å². The molecule has 7 heteroatoms. The fourth-order valence-electron chi connectivity index (χ4n) is 1.90. The molecule has 5 nitrogen and oxygen atoms in total. The fourth-order valence-corrected chi connectivity index (χ4v) is 2.33. The highest BCUT2D eigenvalue weighted by Crippen LogP contribution is 2.25. The van der Waals surface area contributed by atoms with Crippen LogP contribution in [0.4, 0.5) is 10.1 Å². The van der Waals surface area contributed by atoms with Crippen molar-refractivity contribution >= 4 is 33.5 Å². The first-order chi connectivity index (χ1) is 11.0. The van der Waals surface area contributed by atoms with E-state index in [9.17, 15) is 14.0 Å². The monoisotopic (exact) mass is 381 g/mol. The van der Waals surface area contributed by atoms with E-state index in [0.717, 1.165) is 6.07 Å². The van der Waals surface area contributed by atoms with E-state index < -0.39 is 17.7 Å². The number of hydrogen-bond acceptors (Lipinski definition) is 4. The number of esters is 1. The summed E-state index contributed by atoms with van der Waals surface area (Å²) in [6.45, 7) is 0. The molecule has 0 saturated heterocycles. The third-order valence-corrected chi connectivity index (χ3v) is 3.74. The molecule has 2 rings (SSSR count). The molecule has 0 spiro atoms. The van der Waals surface area contributed by atoms with Gasteiger partial charge in [-0.05, 0) is 52.3 Å². The number of nitrogens with one attached hydrogen (secondary N) is 1. The van der Waals surface area contributed by atoms with Crippen LogP contribution in [0.25, 0.3) is 0 Å². The molecule has 0 saturated carbocycles. The summed E-state index contributed by atoms with van der Waals surface area (Å²) < 4.78 is 23.5. The summed E-state index contributed by atoms with van der Waals surface area (Å²) >= 11 is 3.19. The van der Waals surface area contributed by atoms with E-state index in [4.69, 9.17) is 9.47 Å². The second kappa shape index (κ2) is 7.23. The molecule has 1 amide bonds. The number of benzene rings is 2. The Morgan fingerprint density at radius 2 is 1.83 bits per heavy atom. The van der Waals surface area contributed by atoms with Crippen LogP contribution in [0.5, 0.6) is 5.75 Å². The number of rotatable bonds is 4. The number of hydrogen-bond donors (Lipinski definition) is 1. The fraction of sp³-hybridized carbons (Fsp3) is 0.125. The van der Waals surface area contributed by atoms with Gasteiger partial charge in [0, 0.05) is 4.47 Å². The highest BCUT2D eigenvalue weighted by atomic mass is 79.9. The van der Waals surface area contributed by atoms with Gasteiger partial charge < -0.3 is 14.8 Å². The molecular weight excluding hydrogens is 369 g/mol. The van der Waals surface area contributed by atoms with Crippen molar-refractivity contribution in [2.24, 2.45) is 0 Å². The lowest BCUT2D eigenvalue weighted by molar-refractivity contribution is 0.0601. The zero-order chi connectivity index (χ0) is 17.0. The molecule has 2 aromatic rings. The SMILES string of the molecule is COC(=O)c1cc(OC)ccc1NC(=O)c1cc(F)ccc1Br. The average Bonchev–Trinajstić information content (AvgIpc) is 2.56. The average molecular weight is 382 g/mol. The lowest BCUT2D eigenvalue weighted by Gasteiger charge is -2.12. The molecule has 0 aliphatic carbocycles. The van der Waals surface area contributed by atoms with E-state index in [1.165, 1.54) is 38.5 Å². The summed E-state index contributed by atoms with van der Waals surface area (Å²) in [7, 11) is 2.69. The molecule has 0 fully saturated rings. The summed E-state index contributed by atoms with van der Waals surface area (Å²) in [6, 6.07) is 8.30. The van der Waals surface area contributed by atoms with Crippen LogP contribution in [0.3, 0.4) is 0 Å². The number of anilines is 1. The van der Waals surface area contributed by atoms with Crippen LogP contribution in [0.2, 0.25) is 0 Å². The third-order valence-electron chi connectivity index (χ3n) is 3.05. The quantitative estimate of drug-likeness (QED) is 0.821. The van der Waals surface area contributed by atoms with Crippen molar-refractivity contribution in [2.45, 2.75) is 0 Å². The van der Waals surface area contributed by atoms with Crippen molar-refractivity contribution in [1.82, 2.24) is 0 Å². The van der Waals surface area contributed by atoms with Gasteiger partial charge >= 0.3 is 5.97 Å². The van der Waals surface area contributed by atoms with Gasteiger partial charge in [-0.1, -0.05) is 0 Å². The molecule has 0 atom stereocenters. The molecule has 0 heterocycles. The number of methoxy groups -OCH3 is 2. The molecule has 0 radical (unpaired) electrons. The van der Waals surface area contributed by atoms with Gasteiger partial charge in [0.2, 0.25) is 0 Å². The van der Waals surface area contributed by atoms with Gasteiger partial charge in [-0.15, -0.1) is 0 Å². The maximum Gasteiger partial charge on any atom is 0.340 e. The van der Waals surface area contributed by atoms with Gasteiger partial charge in [-0.2, -0.15) is 0 Å². The van der Waals surface area contributed by atoms with Gasteiger partial charge in [-0.3, -0.25) is 4.79 Å². The number of carbonyl (C=O) groups is 2. The summed E-state index contributed by atoms with van der Waals surface area (Å²) in [5.74, 6) is -1.29. The minimum Gasteiger partial charge on any atom is -0.497 e. The van der Waals surface area contributed by atoms with Gasteiger partial charge in [0.25, 0.3) is 5.91 Å². The van der Waals surface area contributed by atoms with Crippen LogP contribution in [-0.2, 0) is 4.74 Å². The highest BCUT2D eigenvalue weighted by Gasteiger charge is 2.17. The summed E-state index contributed by atoms with van der Waals surface area (Å²) in [6.07, 6.45) is 0. The predicted octanol–water partition coefficient (Wildman–Crippen LogP) is 3.64. The number of amides is 1. The molecule has 0 bridgehead atoms. The van der Waals surface area contributed by atoms with Crippen LogP contribution >= 0.6 is 15.9 Å². The Morgan fingerprint density at radius 1 is 1.09 bits per heavy atom. The van der Waals surface area contributed by atoms with Crippen LogP contribution in [0, 0.1) is 5.82 Å². The zero-order valence-electron chi connectivity index (χ0n) is 12.4. The second-order valence-corrected chi connectivity index (χ2v) is 5.34. The van der Waals surface area contributed by atoms with E-state index >= 15 is 0 Å². The Kier molecular flexibility index (Phi) is 5.33. The van der Waals surface area contributed by atoms with Gasteiger partial charge in [0.15, 0.2) is 0 Å².